The van der Waals surface area contributed by atoms with E-state index in [1.54, 1.807) is 6.92 Å². The molecular formula is C6H15NO. The highest BCUT2D eigenvalue weighted by atomic mass is 16.3. The molecule has 0 aromatic heterocycles. The lowest BCUT2D eigenvalue weighted by Crippen LogP contribution is -2.45. The van der Waals surface area contributed by atoms with Crippen LogP contribution in [0.1, 0.15) is 27.2 Å². The first-order valence-electron chi connectivity index (χ1n) is 2.97. The van der Waals surface area contributed by atoms with E-state index in [0.717, 1.165) is 6.42 Å². The first-order valence-corrected chi connectivity index (χ1v) is 2.97. The summed E-state index contributed by atoms with van der Waals surface area (Å²) in [6.07, 6.45) is 0.400. The maximum Gasteiger partial charge on any atom is 0.0688 e. The van der Waals surface area contributed by atoms with Gasteiger partial charge in [0, 0.05) is 5.54 Å². The number of rotatable bonds is 2. The second kappa shape index (κ2) is 2.46. The van der Waals surface area contributed by atoms with Crippen molar-refractivity contribution in [3.8, 4) is 0 Å². The molecule has 0 aliphatic heterocycles. The van der Waals surface area contributed by atoms with Crippen LogP contribution in [0.3, 0.4) is 0 Å². The maximum atomic E-state index is 8.96. The maximum absolute atomic E-state index is 8.96. The van der Waals surface area contributed by atoms with Gasteiger partial charge < -0.3 is 10.8 Å². The van der Waals surface area contributed by atoms with Gasteiger partial charge in [-0.3, -0.25) is 0 Å². The molecule has 0 amide bonds. The molecule has 0 aromatic carbocycles. The SMILES string of the molecule is CCC(C)(N)C(C)O. The van der Waals surface area contributed by atoms with Crippen molar-refractivity contribution in [3.05, 3.63) is 0 Å². The zero-order valence-corrected chi connectivity index (χ0v) is 5.81. The van der Waals surface area contributed by atoms with E-state index in [-0.39, 0.29) is 0 Å². The summed E-state index contributed by atoms with van der Waals surface area (Å²) in [6.45, 7) is 5.52. The molecule has 2 nitrogen and oxygen atoms in total. The Kier molecular flexibility index (Phi) is 2.44. The lowest BCUT2D eigenvalue weighted by molar-refractivity contribution is 0.109. The molecule has 0 spiro atoms. The molecule has 0 aliphatic rings. The average Bonchev–Trinajstić information content (AvgIpc) is 1.67. The van der Waals surface area contributed by atoms with Crippen LogP contribution >= 0.6 is 0 Å². The predicted octanol–water partition coefficient (Wildman–Crippen LogP) is 0.495. The molecule has 0 rings (SSSR count). The van der Waals surface area contributed by atoms with Crippen molar-refractivity contribution in [1.29, 1.82) is 0 Å². The fourth-order valence-electron chi connectivity index (χ4n) is 0.295. The van der Waals surface area contributed by atoms with Gasteiger partial charge >= 0.3 is 0 Å². The minimum atomic E-state index is -0.410. The first kappa shape index (κ1) is 7.92. The van der Waals surface area contributed by atoms with E-state index in [1.165, 1.54) is 0 Å². The van der Waals surface area contributed by atoms with Crippen LogP contribution < -0.4 is 5.73 Å². The Morgan fingerprint density at radius 3 is 2.12 bits per heavy atom. The largest absolute Gasteiger partial charge is 0.392 e. The lowest BCUT2D eigenvalue weighted by atomic mass is 9.95. The highest BCUT2D eigenvalue weighted by Gasteiger charge is 2.21. The van der Waals surface area contributed by atoms with Gasteiger partial charge in [0.25, 0.3) is 0 Å². The second-order valence-corrected chi connectivity index (χ2v) is 2.54. The van der Waals surface area contributed by atoms with Crippen molar-refractivity contribution >= 4 is 0 Å². The van der Waals surface area contributed by atoms with Crippen LogP contribution in [-0.2, 0) is 0 Å². The van der Waals surface area contributed by atoms with Crippen LogP contribution in [0, 0.1) is 0 Å². The Morgan fingerprint density at radius 2 is 2.12 bits per heavy atom. The molecule has 0 aromatic rings. The Balaban J connectivity index is 3.71. The molecule has 50 valence electrons. The molecule has 3 N–H and O–H groups in total. The Bertz CT molecular complexity index is 68.9. The third-order valence-corrected chi connectivity index (χ3v) is 1.72. The van der Waals surface area contributed by atoms with Crippen molar-refractivity contribution in [1.82, 2.24) is 0 Å². The quantitative estimate of drug-likeness (QED) is 0.553. The van der Waals surface area contributed by atoms with Gasteiger partial charge in [-0.25, -0.2) is 0 Å². The summed E-state index contributed by atoms with van der Waals surface area (Å²) >= 11 is 0. The summed E-state index contributed by atoms with van der Waals surface area (Å²) in [7, 11) is 0. The number of aliphatic hydroxyl groups is 1. The van der Waals surface area contributed by atoms with Crippen LogP contribution in [0.4, 0.5) is 0 Å². The van der Waals surface area contributed by atoms with Gasteiger partial charge in [-0.15, -0.1) is 0 Å². The molecule has 2 atom stereocenters. The van der Waals surface area contributed by atoms with E-state index in [1.807, 2.05) is 13.8 Å². The smallest absolute Gasteiger partial charge is 0.0688 e. The number of nitrogens with two attached hydrogens (primary N) is 1. The summed E-state index contributed by atoms with van der Waals surface area (Å²) in [5.74, 6) is 0. The zero-order valence-electron chi connectivity index (χ0n) is 5.81. The number of hydrogen-bond donors (Lipinski definition) is 2. The Morgan fingerprint density at radius 1 is 1.75 bits per heavy atom. The van der Waals surface area contributed by atoms with Crippen LogP contribution in [0.2, 0.25) is 0 Å². The first-order chi connectivity index (χ1) is 3.50. The Hall–Kier alpha value is -0.0800. The summed E-state index contributed by atoms with van der Waals surface area (Å²) in [6, 6.07) is 0. The molecule has 0 fully saturated rings. The number of aliphatic hydroxyl groups excluding tert-OH is 1. The third-order valence-electron chi connectivity index (χ3n) is 1.72. The molecule has 8 heavy (non-hydrogen) atoms. The van der Waals surface area contributed by atoms with Gasteiger partial charge in [-0.1, -0.05) is 6.92 Å². The topological polar surface area (TPSA) is 46.2 Å². The molecule has 0 radical (unpaired) electrons. The molecule has 0 saturated heterocycles. The molecule has 0 aliphatic carbocycles. The van der Waals surface area contributed by atoms with E-state index in [0.29, 0.717) is 0 Å². The van der Waals surface area contributed by atoms with E-state index in [9.17, 15) is 0 Å². The standard InChI is InChI=1S/C6H15NO/c1-4-6(3,7)5(2)8/h5,8H,4,7H2,1-3H3. The highest BCUT2D eigenvalue weighted by Crippen LogP contribution is 2.08. The van der Waals surface area contributed by atoms with Crippen LogP contribution in [0.5, 0.6) is 0 Å². The molecule has 0 saturated carbocycles. The summed E-state index contributed by atoms with van der Waals surface area (Å²) in [4.78, 5) is 0. The molecule has 0 bridgehead atoms. The highest BCUT2D eigenvalue weighted by molar-refractivity contribution is 4.81. The fraction of sp³-hybridized carbons (Fsp3) is 1.00. The van der Waals surface area contributed by atoms with Gasteiger partial charge in [0.2, 0.25) is 0 Å². The van der Waals surface area contributed by atoms with Crippen molar-refractivity contribution < 1.29 is 5.11 Å². The number of hydrogen-bond acceptors (Lipinski definition) is 2. The summed E-state index contributed by atoms with van der Waals surface area (Å²) < 4.78 is 0. The van der Waals surface area contributed by atoms with Crippen LogP contribution in [0.25, 0.3) is 0 Å². The van der Waals surface area contributed by atoms with Crippen molar-refractivity contribution in [2.75, 3.05) is 0 Å². The van der Waals surface area contributed by atoms with E-state index < -0.39 is 11.6 Å². The minimum Gasteiger partial charge on any atom is -0.392 e. The van der Waals surface area contributed by atoms with Crippen molar-refractivity contribution in [2.24, 2.45) is 5.73 Å². The summed E-state index contributed by atoms with van der Waals surface area (Å²) in [5.41, 5.74) is 5.21. The molecular weight excluding hydrogens is 102 g/mol. The van der Waals surface area contributed by atoms with Gasteiger partial charge in [0.15, 0.2) is 0 Å². The predicted molar refractivity (Wildman–Crippen MR) is 34.6 cm³/mol. The minimum absolute atomic E-state index is 0.403. The van der Waals surface area contributed by atoms with E-state index in [4.69, 9.17) is 10.8 Å². The Labute approximate surface area is 50.7 Å². The molecule has 2 unspecified atom stereocenters. The van der Waals surface area contributed by atoms with E-state index in [2.05, 4.69) is 0 Å². The van der Waals surface area contributed by atoms with Crippen LogP contribution in [-0.4, -0.2) is 16.7 Å². The lowest BCUT2D eigenvalue weighted by Gasteiger charge is -2.25. The van der Waals surface area contributed by atoms with Gasteiger partial charge in [-0.2, -0.15) is 0 Å². The normalized spacial score (nSPS) is 22.1. The summed E-state index contributed by atoms with van der Waals surface area (Å²) in [5, 5.41) is 8.96. The molecule has 2 heteroatoms. The van der Waals surface area contributed by atoms with Crippen LogP contribution in [0.15, 0.2) is 0 Å². The second-order valence-electron chi connectivity index (χ2n) is 2.54. The van der Waals surface area contributed by atoms with E-state index >= 15 is 0 Å². The molecule has 0 heterocycles. The average molecular weight is 117 g/mol. The zero-order chi connectivity index (χ0) is 6.78. The van der Waals surface area contributed by atoms with Crippen molar-refractivity contribution in [3.63, 3.8) is 0 Å². The van der Waals surface area contributed by atoms with Gasteiger partial charge in [-0.05, 0) is 20.3 Å². The fourth-order valence-corrected chi connectivity index (χ4v) is 0.295. The van der Waals surface area contributed by atoms with Crippen molar-refractivity contribution in [2.45, 2.75) is 38.8 Å². The monoisotopic (exact) mass is 117 g/mol. The third kappa shape index (κ3) is 1.80. The van der Waals surface area contributed by atoms with Gasteiger partial charge in [0.05, 0.1) is 6.10 Å². The van der Waals surface area contributed by atoms with Gasteiger partial charge in [0.1, 0.15) is 0 Å².